The van der Waals surface area contributed by atoms with E-state index >= 15 is 4.39 Å². The van der Waals surface area contributed by atoms with Gasteiger partial charge in [-0.2, -0.15) is 23.1 Å². The number of nitrogens with two attached hydrogens (primary N) is 1. The summed E-state index contributed by atoms with van der Waals surface area (Å²) in [6.45, 7) is 4.31. The number of aromatic nitrogens is 3. The molecule has 5 aliphatic heterocycles. The lowest BCUT2D eigenvalue weighted by molar-refractivity contribution is -0.138. The van der Waals surface area contributed by atoms with Crippen LogP contribution in [0, 0.1) is 12.7 Å². The minimum absolute atomic E-state index is 0.00669. The van der Waals surface area contributed by atoms with E-state index in [1.165, 1.54) is 31.2 Å². The minimum Gasteiger partial charge on any atom is -0.462 e. The Morgan fingerprint density at radius 1 is 1.00 bits per heavy atom. The summed E-state index contributed by atoms with van der Waals surface area (Å²) in [5.74, 6) is -4.05. The van der Waals surface area contributed by atoms with Crippen LogP contribution in [-0.4, -0.2) is 124 Å². The molecule has 5 amide bonds. The highest BCUT2D eigenvalue weighted by Crippen LogP contribution is 2.45. The number of hydrogen-bond donors (Lipinski definition) is 4. The van der Waals surface area contributed by atoms with Gasteiger partial charge in [-0.1, -0.05) is 17.7 Å². The van der Waals surface area contributed by atoms with Crippen molar-refractivity contribution in [2.75, 3.05) is 62.0 Å². The number of piperazine rings is 1. The highest BCUT2D eigenvalue weighted by molar-refractivity contribution is 6.34. The van der Waals surface area contributed by atoms with Crippen LogP contribution in [0.25, 0.3) is 22.2 Å². The number of fused-ring (bicyclic) bond motifs is 4. The van der Waals surface area contributed by atoms with Crippen LogP contribution in [0.4, 0.5) is 34.9 Å². The Morgan fingerprint density at radius 3 is 2.52 bits per heavy atom. The lowest BCUT2D eigenvalue weighted by Crippen LogP contribution is -2.54. The molecule has 4 aromatic rings. The topological polar surface area (TPSA) is 214 Å². The van der Waals surface area contributed by atoms with Gasteiger partial charge in [0.1, 0.15) is 29.8 Å². The molecule has 4 saturated heterocycles. The largest absolute Gasteiger partial charge is 0.462 e. The second-order valence-electron chi connectivity index (χ2n) is 17.5. The van der Waals surface area contributed by atoms with Gasteiger partial charge in [-0.25, -0.2) is 9.37 Å². The third kappa shape index (κ3) is 9.20. The number of amides is 5. The van der Waals surface area contributed by atoms with Crippen molar-refractivity contribution < 1.29 is 51.0 Å². The van der Waals surface area contributed by atoms with E-state index in [1.807, 2.05) is 4.90 Å². The van der Waals surface area contributed by atoms with Crippen LogP contribution in [0.2, 0.25) is 5.02 Å². The molecule has 0 spiro atoms. The van der Waals surface area contributed by atoms with Gasteiger partial charge in [0.15, 0.2) is 5.82 Å². The van der Waals surface area contributed by atoms with Crippen LogP contribution < -0.4 is 31.3 Å². The first kappa shape index (κ1) is 46.1. The fourth-order valence-corrected chi connectivity index (χ4v) is 10.2. The molecule has 3 unspecified atom stereocenters. The van der Waals surface area contributed by atoms with Gasteiger partial charge in [-0.3, -0.25) is 39.1 Å². The Bertz CT molecular complexity index is 2680. The summed E-state index contributed by atoms with van der Waals surface area (Å²) >= 11 is 6.65. The number of nitrogen functional groups attached to an aromatic ring is 1. The Hall–Kier alpha value is -6.03. The maximum Gasteiger partial charge on any atom is 0.418 e. The van der Waals surface area contributed by atoms with Crippen LogP contribution >= 0.6 is 11.6 Å². The molecule has 17 nitrogen and oxygen atoms in total. The first-order valence-corrected chi connectivity index (χ1v) is 22.6. The lowest BCUT2D eigenvalue weighted by Gasteiger charge is -2.34. The van der Waals surface area contributed by atoms with E-state index in [-0.39, 0.29) is 101 Å². The number of halogens is 5. The highest BCUT2D eigenvalue weighted by Gasteiger charge is 2.46. The fourth-order valence-electron chi connectivity index (χ4n) is 9.91. The molecule has 4 atom stereocenters. The van der Waals surface area contributed by atoms with Gasteiger partial charge in [0.2, 0.25) is 17.7 Å². The van der Waals surface area contributed by atoms with E-state index in [0.717, 1.165) is 43.2 Å². The smallest absolute Gasteiger partial charge is 0.418 e. The number of nitrogens with zero attached hydrogens (tertiary/aromatic N) is 6. The second-order valence-corrected chi connectivity index (χ2v) is 17.9. The summed E-state index contributed by atoms with van der Waals surface area (Å²) in [5, 5.41) is 8.32. The average Bonchev–Trinajstić information content (AvgIpc) is 3.94. The summed E-state index contributed by atoms with van der Waals surface area (Å²) in [4.78, 5) is 81.8. The Labute approximate surface area is 386 Å². The number of nitrogens with one attached hydrogen (secondary N) is 3. The number of piperidine rings is 1. The molecule has 5 N–H and O–H groups in total. The van der Waals surface area contributed by atoms with E-state index in [0.29, 0.717) is 38.5 Å². The molecular weight excluding hydrogens is 904 g/mol. The molecular formula is C45H47ClF4N10O7. The van der Waals surface area contributed by atoms with Crippen molar-refractivity contribution in [2.24, 2.45) is 0 Å². The molecule has 0 aliphatic carbocycles. The van der Waals surface area contributed by atoms with E-state index in [4.69, 9.17) is 31.8 Å². The predicted molar refractivity (Wildman–Crippen MR) is 236 cm³/mol. The summed E-state index contributed by atoms with van der Waals surface area (Å²) in [7, 11) is 0. The number of anilines is 3. The SMILES string of the molecule is Cc1cc(N)nc(-c2c(Cl)cc3c(N4CC5CCC(C4)N5)nc(OC[C@@H]4CCCN4CCCOCCC(=O)Nc4cccc5c4C(=O)N(C4CCC(=O)NC4=O)C5=O)nc3c2F)c1C(F)(F)F. The number of rotatable bonds is 14. The summed E-state index contributed by atoms with van der Waals surface area (Å²) in [6.07, 6.45) is -0.755. The van der Waals surface area contributed by atoms with E-state index < -0.39 is 64.4 Å². The van der Waals surface area contributed by atoms with Crippen LogP contribution in [0.3, 0.4) is 0 Å². The van der Waals surface area contributed by atoms with E-state index in [2.05, 4.69) is 30.8 Å². The van der Waals surface area contributed by atoms with Crippen LogP contribution in [0.15, 0.2) is 30.3 Å². The standard InChI is InChI=1S/C45H47ClF4N10O7/c1-22-17-31(51)54-39(36(22)45(48,49)50)35-28(46)18-27-38(37(35)47)56-44(57-40(27)59-19-23-8-9-24(20-59)52-23)67-21-25-5-3-13-58(25)14-4-15-66-16-12-33(62)53-29-7-2-6-26-34(29)43(65)60(42(26)64)30-10-11-32(61)55-41(30)63/h2,6-7,17-18,23-25,30,52H,3-5,8-16,19-21H2,1H3,(H2,51,54)(H,53,62)(H,55,61,63)/t23?,24?,25-,30?/m0/s1. The van der Waals surface area contributed by atoms with Crippen molar-refractivity contribution >= 4 is 69.4 Å². The number of aryl methyl sites for hydroxylation is 1. The number of ether oxygens (including phenoxy) is 2. The molecule has 2 bridgehead atoms. The van der Waals surface area contributed by atoms with E-state index in [1.54, 1.807) is 0 Å². The van der Waals surface area contributed by atoms with Crippen molar-refractivity contribution in [3.05, 3.63) is 63.4 Å². The monoisotopic (exact) mass is 950 g/mol. The molecule has 354 valence electrons. The fraction of sp³-hybridized carbons (Fsp3) is 0.467. The van der Waals surface area contributed by atoms with Crippen LogP contribution in [-0.2, 0) is 25.3 Å². The zero-order chi connectivity index (χ0) is 47.3. The molecule has 22 heteroatoms. The van der Waals surface area contributed by atoms with Crippen molar-refractivity contribution in [1.82, 2.24) is 35.4 Å². The molecule has 2 aromatic heterocycles. The molecule has 0 saturated carbocycles. The molecule has 4 fully saturated rings. The average molecular weight is 951 g/mol. The minimum atomic E-state index is -4.89. The normalized spacial score (nSPS) is 21.9. The van der Waals surface area contributed by atoms with Gasteiger partial charge >= 0.3 is 12.2 Å². The Kier molecular flexibility index (Phi) is 12.8. The number of hydrogen-bond acceptors (Lipinski definition) is 14. The highest BCUT2D eigenvalue weighted by atomic mass is 35.5. The van der Waals surface area contributed by atoms with Gasteiger partial charge in [-0.05, 0) is 81.8 Å². The van der Waals surface area contributed by atoms with Gasteiger partial charge in [-0.15, -0.1) is 0 Å². The summed E-state index contributed by atoms with van der Waals surface area (Å²) in [5.41, 5.74) is 3.07. The molecule has 9 rings (SSSR count). The van der Waals surface area contributed by atoms with Gasteiger partial charge in [0, 0.05) is 56.2 Å². The van der Waals surface area contributed by atoms with Crippen LogP contribution in [0.5, 0.6) is 6.01 Å². The molecule has 5 aliphatic rings. The number of likely N-dealkylation sites (tertiary alicyclic amines) is 1. The lowest BCUT2D eigenvalue weighted by atomic mass is 9.99. The Balaban J connectivity index is 0.827. The third-order valence-corrected chi connectivity index (χ3v) is 13.3. The number of alkyl halides is 3. The van der Waals surface area contributed by atoms with Gasteiger partial charge < -0.3 is 30.7 Å². The quantitative estimate of drug-likeness (QED) is 0.0743. The molecule has 0 radical (unpaired) electrons. The Morgan fingerprint density at radius 2 is 1.78 bits per heavy atom. The first-order valence-electron chi connectivity index (χ1n) is 22.2. The number of carbonyl (C=O) groups is 5. The number of imide groups is 2. The number of benzene rings is 2. The molecule has 67 heavy (non-hydrogen) atoms. The van der Waals surface area contributed by atoms with Crippen molar-refractivity contribution in [2.45, 2.75) is 88.6 Å². The second kappa shape index (κ2) is 18.6. The zero-order valence-corrected chi connectivity index (χ0v) is 37.1. The zero-order valence-electron chi connectivity index (χ0n) is 36.3. The first-order chi connectivity index (χ1) is 32.0. The summed E-state index contributed by atoms with van der Waals surface area (Å²) in [6, 6.07) is 5.93. The molecule has 7 heterocycles. The maximum atomic E-state index is 16.9. The number of carbonyl (C=O) groups excluding carboxylic acids is 5. The maximum absolute atomic E-state index is 16.9. The molecule has 2 aromatic carbocycles. The van der Waals surface area contributed by atoms with Gasteiger partial charge in [0.25, 0.3) is 11.8 Å². The third-order valence-electron chi connectivity index (χ3n) is 13.0. The van der Waals surface area contributed by atoms with Crippen LogP contribution in [0.1, 0.15) is 83.2 Å². The van der Waals surface area contributed by atoms with Crippen molar-refractivity contribution in [3.8, 4) is 17.3 Å². The summed E-state index contributed by atoms with van der Waals surface area (Å²) < 4.78 is 72.1. The van der Waals surface area contributed by atoms with Crippen molar-refractivity contribution in [1.29, 1.82) is 0 Å². The van der Waals surface area contributed by atoms with Gasteiger partial charge in [0.05, 0.1) is 51.7 Å². The van der Waals surface area contributed by atoms with Crippen molar-refractivity contribution in [3.63, 3.8) is 0 Å². The predicted octanol–water partition coefficient (Wildman–Crippen LogP) is 5.01. The van der Waals surface area contributed by atoms with E-state index in [9.17, 15) is 37.1 Å². The number of pyridine rings is 1.